The van der Waals surface area contributed by atoms with E-state index in [0.29, 0.717) is 41.8 Å². The highest BCUT2D eigenvalue weighted by molar-refractivity contribution is 5.96. The molecule has 5 aliphatic carbocycles. The minimum atomic E-state index is 0.0190. The molecule has 1 saturated heterocycles. The Morgan fingerprint density at radius 2 is 1.76 bits per heavy atom. The van der Waals surface area contributed by atoms with Crippen molar-refractivity contribution in [1.82, 2.24) is 20.0 Å². The van der Waals surface area contributed by atoms with Crippen molar-refractivity contribution >= 4 is 5.91 Å². The largest absolute Gasteiger partial charge is 0.477 e. The van der Waals surface area contributed by atoms with Crippen molar-refractivity contribution in [3.63, 3.8) is 0 Å². The van der Waals surface area contributed by atoms with Crippen LogP contribution in [0.1, 0.15) is 81.0 Å². The topological polar surface area (TPSA) is 85.4 Å². The summed E-state index contributed by atoms with van der Waals surface area (Å²) < 4.78 is 8.34. The van der Waals surface area contributed by atoms with Crippen LogP contribution in [0.5, 0.6) is 5.88 Å². The summed E-state index contributed by atoms with van der Waals surface area (Å²) in [7, 11) is 0. The van der Waals surface area contributed by atoms with Crippen molar-refractivity contribution in [2.45, 2.75) is 89.3 Å². The van der Waals surface area contributed by atoms with Crippen LogP contribution >= 0.6 is 0 Å². The van der Waals surface area contributed by atoms with Gasteiger partial charge in [0.05, 0.1) is 19.3 Å². The Bertz CT molecular complexity index is 835. The van der Waals surface area contributed by atoms with Crippen LogP contribution in [0.15, 0.2) is 6.20 Å². The van der Waals surface area contributed by atoms with Gasteiger partial charge in [-0.05, 0) is 87.5 Å². The lowest BCUT2D eigenvalue weighted by molar-refractivity contribution is -0.0120. The third-order valence-electron chi connectivity index (χ3n) is 9.68. The number of carbonyl (C=O) groups is 1. The maximum atomic E-state index is 13.6. The Hall–Kier alpha value is -1.60. The zero-order valence-electron chi connectivity index (χ0n) is 20.7. The van der Waals surface area contributed by atoms with Gasteiger partial charge in [-0.3, -0.25) is 9.69 Å². The molecule has 0 aromatic carbocycles. The highest BCUT2D eigenvalue weighted by Crippen LogP contribution is 2.53. The number of nitrogens with one attached hydrogen (secondary N) is 1. The molecule has 7 heteroatoms. The predicted molar refractivity (Wildman–Crippen MR) is 132 cm³/mol. The fourth-order valence-corrected chi connectivity index (χ4v) is 8.08. The number of aromatic nitrogens is 2. The van der Waals surface area contributed by atoms with Gasteiger partial charge in [0.25, 0.3) is 5.91 Å². The van der Waals surface area contributed by atoms with E-state index in [1.165, 1.54) is 64.2 Å². The van der Waals surface area contributed by atoms with E-state index in [-0.39, 0.29) is 11.9 Å². The van der Waals surface area contributed by atoms with E-state index in [9.17, 15) is 4.79 Å². The normalized spacial score (nSPS) is 35.7. The van der Waals surface area contributed by atoms with Crippen LogP contribution in [0.25, 0.3) is 0 Å². The standard InChI is InChI=1S/C27H43N5O2/c28-23-6-7-31(16-23)8-9-32-27(34-17-18-4-2-1-3-5-18)24(15-29-32)26(33)30-25-21-11-19-10-20(13-21)14-22(25)12-19/h15,18-23,25H,1-14,16-17,28H2,(H,30,33)/t19?,20?,21?,22?,23-,25?/m0/s1. The van der Waals surface area contributed by atoms with E-state index < -0.39 is 0 Å². The number of carbonyl (C=O) groups excluding carboxylic acids is 1. The highest BCUT2D eigenvalue weighted by Gasteiger charge is 2.48. The molecule has 0 unspecified atom stereocenters. The Morgan fingerprint density at radius 3 is 2.44 bits per heavy atom. The molecule has 1 atom stereocenters. The number of hydrogen-bond donors (Lipinski definition) is 2. The minimum Gasteiger partial charge on any atom is -0.477 e. The predicted octanol–water partition coefficient (Wildman–Crippen LogP) is 3.43. The van der Waals surface area contributed by atoms with E-state index in [1.54, 1.807) is 6.20 Å². The molecule has 7 rings (SSSR count). The number of likely N-dealkylation sites (tertiary alicyclic amines) is 1. The van der Waals surface area contributed by atoms with E-state index in [4.69, 9.17) is 10.5 Å². The fraction of sp³-hybridized carbons (Fsp3) is 0.852. The summed E-state index contributed by atoms with van der Waals surface area (Å²) in [5.41, 5.74) is 6.72. The summed E-state index contributed by atoms with van der Waals surface area (Å²) in [4.78, 5) is 15.9. The van der Waals surface area contributed by atoms with Gasteiger partial charge in [-0.15, -0.1) is 0 Å². The average Bonchev–Trinajstić information content (AvgIpc) is 3.44. The molecule has 7 nitrogen and oxygen atoms in total. The number of nitrogens with two attached hydrogens (primary N) is 1. The first-order valence-corrected chi connectivity index (χ1v) is 14.1. The van der Waals surface area contributed by atoms with E-state index in [1.807, 2.05) is 4.68 Å². The molecule has 0 radical (unpaired) electrons. The van der Waals surface area contributed by atoms with Gasteiger partial charge < -0.3 is 15.8 Å². The van der Waals surface area contributed by atoms with Gasteiger partial charge in [-0.2, -0.15) is 5.10 Å². The lowest BCUT2D eigenvalue weighted by Crippen LogP contribution is -2.55. The Labute approximate surface area is 204 Å². The second-order valence-electron chi connectivity index (χ2n) is 12.2. The van der Waals surface area contributed by atoms with Crippen LogP contribution in [0, 0.1) is 29.6 Å². The zero-order chi connectivity index (χ0) is 23.1. The van der Waals surface area contributed by atoms with E-state index >= 15 is 0 Å². The van der Waals surface area contributed by atoms with Crippen LogP contribution in [-0.2, 0) is 6.54 Å². The average molecular weight is 470 g/mol. The van der Waals surface area contributed by atoms with Crippen LogP contribution in [0.4, 0.5) is 0 Å². The summed E-state index contributed by atoms with van der Waals surface area (Å²) in [6.07, 6.45) is 15.9. The first-order chi connectivity index (χ1) is 16.6. The molecular formula is C27H43N5O2. The molecule has 1 aromatic heterocycles. The first kappa shape index (κ1) is 22.8. The number of amides is 1. The van der Waals surface area contributed by atoms with Crippen molar-refractivity contribution in [2.24, 2.45) is 35.3 Å². The quantitative estimate of drug-likeness (QED) is 0.609. The second kappa shape index (κ2) is 9.81. The third kappa shape index (κ3) is 4.75. The summed E-state index contributed by atoms with van der Waals surface area (Å²) in [5, 5.41) is 8.11. The van der Waals surface area contributed by atoms with Crippen molar-refractivity contribution in [1.29, 1.82) is 0 Å². The third-order valence-corrected chi connectivity index (χ3v) is 9.68. The number of hydrogen-bond acceptors (Lipinski definition) is 5. The van der Waals surface area contributed by atoms with Crippen LogP contribution in [0.3, 0.4) is 0 Å². The lowest BCUT2D eigenvalue weighted by atomic mass is 9.54. The molecule has 188 valence electrons. The maximum absolute atomic E-state index is 13.6. The Kier molecular flexibility index (Phi) is 6.59. The monoisotopic (exact) mass is 469 g/mol. The molecule has 1 aromatic rings. The molecule has 6 aliphatic rings. The van der Waals surface area contributed by atoms with Crippen molar-refractivity contribution in [2.75, 3.05) is 26.2 Å². The van der Waals surface area contributed by atoms with Crippen LogP contribution < -0.4 is 15.8 Å². The van der Waals surface area contributed by atoms with Gasteiger partial charge in [0.1, 0.15) is 5.56 Å². The van der Waals surface area contributed by atoms with Gasteiger partial charge in [0.2, 0.25) is 5.88 Å². The van der Waals surface area contributed by atoms with Crippen molar-refractivity contribution in [3.05, 3.63) is 11.8 Å². The first-order valence-electron chi connectivity index (χ1n) is 14.1. The lowest BCUT2D eigenvalue weighted by Gasteiger charge is -2.54. The molecule has 3 N–H and O–H groups in total. The highest BCUT2D eigenvalue weighted by atomic mass is 16.5. The smallest absolute Gasteiger partial charge is 0.258 e. The van der Waals surface area contributed by atoms with E-state index in [2.05, 4.69) is 15.3 Å². The summed E-state index contributed by atoms with van der Waals surface area (Å²) in [6, 6.07) is 0.614. The minimum absolute atomic E-state index is 0.0190. The SMILES string of the molecule is N[C@H]1CCN(CCn2ncc(C(=O)NC3C4CC5CC(C4)CC3C5)c2OCC2CCCCC2)C1. The molecule has 4 bridgehead atoms. The molecule has 2 heterocycles. The summed E-state index contributed by atoms with van der Waals surface area (Å²) in [5.74, 6) is 4.44. The second-order valence-corrected chi connectivity index (χ2v) is 12.2. The van der Waals surface area contributed by atoms with Gasteiger partial charge in [0, 0.05) is 25.2 Å². The van der Waals surface area contributed by atoms with Crippen LogP contribution in [-0.4, -0.2) is 58.9 Å². The summed E-state index contributed by atoms with van der Waals surface area (Å²) >= 11 is 0. The molecule has 6 fully saturated rings. The van der Waals surface area contributed by atoms with Gasteiger partial charge in [-0.25, -0.2) is 4.68 Å². The molecular weight excluding hydrogens is 426 g/mol. The zero-order valence-corrected chi connectivity index (χ0v) is 20.7. The van der Waals surface area contributed by atoms with Gasteiger partial charge in [-0.1, -0.05) is 19.3 Å². The molecule has 1 aliphatic heterocycles. The molecule has 5 saturated carbocycles. The van der Waals surface area contributed by atoms with Crippen LogP contribution in [0.2, 0.25) is 0 Å². The van der Waals surface area contributed by atoms with Crippen molar-refractivity contribution < 1.29 is 9.53 Å². The maximum Gasteiger partial charge on any atom is 0.258 e. The number of ether oxygens (including phenoxy) is 1. The van der Waals surface area contributed by atoms with E-state index in [0.717, 1.165) is 44.4 Å². The Morgan fingerprint density at radius 1 is 1.03 bits per heavy atom. The Balaban J connectivity index is 1.15. The molecule has 34 heavy (non-hydrogen) atoms. The molecule has 0 spiro atoms. The van der Waals surface area contributed by atoms with Gasteiger partial charge in [0.15, 0.2) is 0 Å². The summed E-state index contributed by atoms with van der Waals surface area (Å²) in [6.45, 7) is 4.31. The van der Waals surface area contributed by atoms with Crippen molar-refractivity contribution in [3.8, 4) is 5.88 Å². The fourth-order valence-electron chi connectivity index (χ4n) is 8.08. The number of nitrogens with zero attached hydrogens (tertiary/aromatic N) is 3. The molecule has 1 amide bonds. The van der Waals surface area contributed by atoms with Gasteiger partial charge >= 0.3 is 0 Å². The number of rotatable bonds is 8.